The molecule has 7 rings (SSSR count). The molecule has 6 heteroatoms. The van der Waals surface area contributed by atoms with E-state index in [1.165, 1.54) is 43.2 Å². The smallest absolute Gasteiger partial charge is 0.226 e. The van der Waals surface area contributed by atoms with Gasteiger partial charge in [0.2, 0.25) is 5.91 Å². The Bertz CT molecular complexity index is 1110. The van der Waals surface area contributed by atoms with Crippen LogP contribution in [0.2, 0.25) is 0 Å². The summed E-state index contributed by atoms with van der Waals surface area (Å²) < 4.78 is 1.19. The number of nitrogens with zero attached hydrogens (tertiary/aromatic N) is 1. The SMILES string of the molecule is O=C(CC12CC3CC(CC(C3)C1)C2)NC(=S)Nc1ccc(-c2nc3ccccc3s2)cc1. The van der Waals surface area contributed by atoms with E-state index in [2.05, 4.69) is 16.7 Å². The number of anilines is 1. The first-order valence-corrected chi connectivity index (χ1v) is 12.8. The zero-order valence-electron chi connectivity index (χ0n) is 18.0. The van der Waals surface area contributed by atoms with Crippen molar-refractivity contribution in [1.29, 1.82) is 0 Å². The maximum Gasteiger partial charge on any atom is 0.226 e. The van der Waals surface area contributed by atoms with Crippen LogP contribution in [0.25, 0.3) is 20.8 Å². The molecule has 3 aromatic rings. The molecule has 4 saturated carbocycles. The summed E-state index contributed by atoms with van der Waals surface area (Å²) in [5.41, 5.74) is 3.20. The third kappa shape index (κ3) is 3.95. The van der Waals surface area contributed by atoms with Crippen molar-refractivity contribution in [1.82, 2.24) is 10.3 Å². The van der Waals surface area contributed by atoms with Crippen LogP contribution in [0.15, 0.2) is 48.5 Å². The number of carbonyl (C=O) groups is 1. The Morgan fingerprint density at radius 2 is 1.66 bits per heavy atom. The molecule has 2 aromatic carbocycles. The van der Waals surface area contributed by atoms with Gasteiger partial charge in [-0.1, -0.05) is 12.1 Å². The molecule has 0 aliphatic heterocycles. The van der Waals surface area contributed by atoms with E-state index < -0.39 is 0 Å². The van der Waals surface area contributed by atoms with Crippen molar-refractivity contribution < 1.29 is 4.79 Å². The van der Waals surface area contributed by atoms with Gasteiger partial charge in [0.25, 0.3) is 0 Å². The number of benzene rings is 2. The fourth-order valence-corrected chi connectivity index (χ4v) is 8.07. The van der Waals surface area contributed by atoms with Crippen molar-refractivity contribution in [3.8, 4) is 10.6 Å². The van der Waals surface area contributed by atoms with Crippen molar-refractivity contribution in [2.45, 2.75) is 44.9 Å². The second-order valence-corrected chi connectivity index (χ2v) is 11.6. The second-order valence-electron chi connectivity index (χ2n) is 10.2. The van der Waals surface area contributed by atoms with Crippen molar-refractivity contribution in [2.75, 3.05) is 5.32 Å². The molecule has 4 fully saturated rings. The minimum absolute atomic E-state index is 0.0653. The molecule has 32 heavy (non-hydrogen) atoms. The van der Waals surface area contributed by atoms with Gasteiger partial charge < -0.3 is 10.6 Å². The first-order chi connectivity index (χ1) is 15.5. The van der Waals surface area contributed by atoms with Gasteiger partial charge in [0.1, 0.15) is 5.01 Å². The van der Waals surface area contributed by atoms with E-state index >= 15 is 0 Å². The van der Waals surface area contributed by atoms with Gasteiger partial charge in [-0.05, 0) is 110 Å². The van der Waals surface area contributed by atoms with Gasteiger partial charge in [0.15, 0.2) is 5.11 Å². The Morgan fingerprint density at radius 3 is 2.31 bits per heavy atom. The molecule has 4 aliphatic carbocycles. The molecule has 4 nitrogen and oxygen atoms in total. The molecular weight excluding hydrogens is 434 g/mol. The number of hydrogen-bond acceptors (Lipinski definition) is 4. The molecule has 1 aromatic heterocycles. The third-order valence-corrected chi connectivity index (χ3v) is 8.93. The molecule has 0 atom stereocenters. The summed E-state index contributed by atoms with van der Waals surface area (Å²) >= 11 is 7.13. The Morgan fingerprint density at radius 1 is 1.00 bits per heavy atom. The number of fused-ring (bicyclic) bond motifs is 1. The molecule has 0 spiro atoms. The first kappa shape index (κ1) is 20.3. The fourth-order valence-electron chi connectivity index (χ4n) is 6.87. The van der Waals surface area contributed by atoms with E-state index in [1.807, 2.05) is 42.5 Å². The lowest BCUT2D eigenvalue weighted by molar-refractivity contribution is -0.127. The summed E-state index contributed by atoms with van der Waals surface area (Å²) in [6.45, 7) is 0. The van der Waals surface area contributed by atoms with Crippen molar-refractivity contribution in [3.05, 3.63) is 48.5 Å². The van der Waals surface area contributed by atoms with Crippen molar-refractivity contribution in [3.63, 3.8) is 0 Å². The average Bonchev–Trinajstić information content (AvgIpc) is 3.17. The van der Waals surface area contributed by atoms with Crippen LogP contribution in [0.1, 0.15) is 44.9 Å². The number of hydrogen-bond donors (Lipinski definition) is 2. The van der Waals surface area contributed by atoms with E-state index in [4.69, 9.17) is 17.2 Å². The van der Waals surface area contributed by atoms with Crippen molar-refractivity contribution in [2.24, 2.45) is 23.2 Å². The van der Waals surface area contributed by atoms with Crippen LogP contribution in [-0.4, -0.2) is 16.0 Å². The maximum atomic E-state index is 12.8. The molecule has 0 saturated heterocycles. The molecule has 0 radical (unpaired) electrons. The first-order valence-electron chi connectivity index (χ1n) is 11.6. The minimum atomic E-state index is 0.0653. The normalized spacial score (nSPS) is 28.1. The van der Waals surface area contributed by atoms with E-state index in [0.29, 0.717) is 11.5 Å². The van der Waals surface area contributed by atoms with Gasteiger partial charge >= 0.3 is 0 Å². The largest absolute Gasteiger partial charge is 0.332 e. The lowest BCUT2D eigenvalue weighted by Crippen LogP contribution is -2.48. The highest BCUT2D eigenvalue weighted by atomic mass is 32.1. The molecule has 1 heterocycles. The Hall–Kier alpha value is -2.31. The van der Waals surface area contributed by atoms with Crippen LogP contribution in [-0.2, 0) is 4.79 Å². The monoisotopic (exact) mass is 461 g/mol. The summed E-state index contributed by atoms with van der Waals surface area (Å²) in [6.07, 6.45) is 8.52. The highest BCUT2D eigenvalue weighted by Gasteiger charge is 2.51. The number of rotatable bonds is 4. The summed E-state index contributed by atoms with van der Waals surface area (Å²) in [5, 5.41) is 7.49. The molecule has 1 amide bonds. The van der Waals surface area contributed by atoms with Crippen LogP contribution in [0.4, 0.5) is 5.69 Å². The van der Waals surface area contributed by atoms with Gasteiger partial charge in [-0.2, -0.15) is 0 Å². The van der Waals surface area contributed by atoms with Crippen LogP contribution in [0, 0.1) is 23.2 Å². The molecular formula is C26H27N3OS2. The van der Waals surface area contributed by atoms with E-state index in [9.17, 15) is 4.79 Å². The third-order valence-electron chi connectivity index (χ3n) is 7.64. The van der Waals surface area contributed by atoms with Crippen molar-refractivity contribution >= 4 is 50.5 Å². The quantitative estimate of drug-likeness (QED) is 0.443. The number of thiazole rings is 1. The summed E-state index contributed by atoms with van der Waals surface area (Å²) in [6, 6.07) is 16.2. The van der Waals surface area contributed by atoms with Gasteiger partial charge in [-0.3, -0.25) is 4.79 Å². The van der Waals surface area contributed by atoms with E-state index in [0.717, 1.165) is 39.5 Å². The van der Waals surface area contributed by atoms with E-state index in [-0.39, 0.29) is 11.3 Å². The van der Waals surface area contributed by atoms with E-state index in [1.54, 1.807) is 11.3 Å². The topological polar surface area (TPSA) is 54.0 Å². The number of para-hydroxylation sites is 1. The second kappa shape index (κ2) is 7.92. The standard InChI is InChI=1S/C26H27N3OS2/c30-23(15-26-12-16-9-17(13-26)11-18(10-16)14-26)29-25(31)27-20-7-5-19(6-8-20)24-28-21-3-1-2-4-22(21)32-24/h1-8,16-18H,9-15H2,(H2,27,29,30,31). The lowest BCUT2D eigenvalue weighted by atomic mass is 9.49. The Kier molecular flexibility index (Phi) is 5.03. The fraction of sp³-hybridized carbons (Fsp3) is 0.423. The van der Waals surface area contributed by atoms with Gasteiger partial charge in [-0.15, -0.1) is 11.3 Å². The number of amides is 1. The minimum Gasteiger partial charge on any atom is -0.332 e. The summed E-state index contributed by atoms with van der Waals surface area (Å²) in [5.74, 6) is 2.63. The maximum absolute atomic E-state index is 12.8. The number of thiocarbonyl (C=S) groups is 1. The molecule has 2 N–H and O–H groups in total. The van der Waals surface area contributed by atoms with Crippen LogP contribution < -0.4 is 10.6 Å². The Labute approximate surface area is 197 Å². The van der Waals surface area contributed by atoms with Gasteiger partial charge in [-0.25, -0.2) is 4.98 Å². The Balaban J connectivity index is 1.07. The van der Waals surface area contributed by atoms with Gasteiger partial charge in [0, 0.05) is 17.7 Å². The summed E-state index contributed by atoms with van der Waals surface area (Å²) in [4.78, 5) is 17.5. The van der Waals surface area contributed by atoms with Gasteiger partial charge in [0.05, 0.1) is 10.2 Å². The highest BCUT2D eigenvalue weighted by molar-refractivity contribution is 7.80. The average molecular weight is 462 g/mol. The predicted octanol–water partition coefficient (Wildman–Crippen LogP) is 6.38. The highest BCUT2D eigenvalue weighted by Crippen LogP contribution is 2.61. The number of aromatic nitrogens is 1. The number of nitrogens with one attached hydrogen (secondary N) is 2. The van der Waals surface area contributed by atoms with Crippen LogP contribution in [0.5, 0.6) is 0 Å². The zero-order valence-corrected chi connectivity index (χ0v) is 19.6. The number of carbonyl (C=O) groups excluding carboxylic acids is 1. The van der Waals surface area contributed by atoms with Crippen LogP contribution >= 0.6 is 23.6 Å². The molecule has 0 unspecified atom stereocenters. The molecule has 4 bridgehead atoms. The predicted molar refractivity (Wildman–Crippen MR) is 135 cm³/mol. The summed E-state index contributed by atoms with van der Waals surface area (Å²) in [7, 11) is 0. The van der Waals surface area contributed by atoms with Crippen LogP contribution in [0.3, 0.4) is 0 Å². The molecule has 4 aliphatic rings. The zero-order chi connectivity index (χ0) is 21.7. The molecule has 164 valence electrons. The lowest BCUT2D eigenvalue weighted by Gasteiger charge is -2.56.